The first-order valence-electron chi connectivity index (χ1n) is 8.73. The summed E-state index contributed by atoms with van der Waals surface area (Å²) in [4.78, 5) is 20.7. The summed E-state index contributed by atoms with van der Waals surface area (Å²) in [7, 11) is 0. The Hall–Kier alpha value is -1.46. The van der Waals surface area contributed by atoms with E-state index in [2.05, 4.69) is 47.6 Å². The molecule has 0 unspecified atom stereocenters. The van der Waals surface area contributed by atoms with Crippen molar-refractivity contribution in [1.29, 1.82) is 0 Å². The zero-order valence-electron chi connectivity index (χ0n) is 14.6. The molecule has 1 aliphatic rings. The first kappa shape index (κ1) is 18.3. The van der Waals surface area contributed by atoms with Crippen molar-refractivity contribution in [3.8, 4) is 0 Å². The maximum atomic E-state index is 12.8. The lowest BCUT2D eigenvalue weighted by Gasteiger charge is -2.18. The average molecular weight is 419 g/mol. The second kappa shape index (κ2) is 8.28. The van der Waals surface area contributed by atoms with E-state index >= 15 is 0 Å². The lowest BCUT2D eigenvalue weighted by Crippen LogP contribution is -2.31. The number of hydrogen-bond donors (Lipinski definition) is 0. The molecule has 1 aliphatic carbocycles. The normalized spacial score (nSPS) is 13.4. The van der Waals surface area contributed by atoms with Crippen LogP contribution in [0.25, 0.3) is 0 Å². The summed E-state index contributed by atoms with van der Waals surface area (Å²) in [6.45, 7) is 6.39. The van der Waals surface area contributed by atoms with Gasteiger partial charge in [0, 0.05) is 22.3 Å². The summed E-state index contributed by atoms with van der Waals surface area (Å²) in [5, 5.41) is 0.835. The van der Waals surface area contributed by atoms with E-state index in [0.29, 0.717) is 13.0 Å². The summed E-state index contributed by atoms with van der Waals surface area (Å²) in [5.41, 5.74) is 3.56. The highest BCUT2D eigenvalue weighted by molar-refractivity contribution is 9.10. The zero-order chi connectivity index (χ0) is 17.8. The number of thiazole rings is 1. The second-order valence-electron chi connectivity index (χ2n) is 6.45. The summed E-state index contributed by atoms with van der Waals surface area (Å²) in [6.07, 6.45) is 7.56. The van der Waals surface area contributed by atoms with Crippen LogP contribution in [0.3, 0.4) is 0 Å². The molecule has 3 nitrogen and oxygen atoms in total. The van der Waals surface area contributed by atoms with Crippen molar-refractivity contribution >= 4 is 38.3 Å². The third-order valence-electron chi connectivity index (χ3n) is 4.54. The number of fused-ring (bicyclic) bond motifs is 1. The summed E-state index contributed by atoms with van der Waals surface area (Å²) >= 11 is 5.24. The minimum atomic E-state index is 0.114. The van der Waals surface area contributed by atoms with Crippen molar-refractivity contribution in [1.82, 2.24) is 4.98 Å². The molecule has 0 saturated carbocycles. The number of anilines is 1. The lowest BCUT2D eigenvalue weighted by atomic mass is 10.0. The Morgan fingerprint density at radius 3 is 2.92 bits per heavy atom. The van der Waals surface area contributed by atoms with E-state index in [1.54, 1.807) is 22.3 Å². The average Bonchev–Trinajstić information content (AvgIpc) is 3.04. The van der Waals surface area contributed by atoms with Crippen LogP contribution < -0.4 is 4.90 Å². The molecule has 0 radical (unpaired) electrons. The van der Waals surface area contributed by atoms with E-state index in [-0.39, 0.29) is 5.91 Å². The molecule has 0 saturated heterocycles. The van der Waals surface area contributed by atoms with Crippen molar-refractivity contribution in [3.63, 3.8) is 0 Å². The van der Waals surface area contributed by atoms with Gasteiger partial charge in [0.25, 0.3) is 0 Å². The molecule has 5 heteroatoms. The molecule has 25 heavy (non-hydrogen) atoms. The van der Waals surface area contributed by atoms with Crippen molar-refractivity contribution in [3.05, 3.63) is 57.0 Å². The van der Waals surface area contributed by atoms with Crippen LogP contribution in [-0.2, 0) is 24.1 Å². The van der Waals surface area contributed by atoms with Crippen LogP contribution in [-0.4, -0.2) is 17.4 Å². The number of aryl methyl sites for hydroxylation is 4. The third kappa shape index (κ3) is 4.39. The smallest absolute Gasteiger partial charge is 0.229 e. The Morgan fingerprint density at radius 1 is 1.40 bits per heavy atom. The van der Waals surface area contributed by atoms with Gasteiger partial charge in [-0.2, -0.15) is 0 Å². The Labute approximate surface area is 161 Å². The first-order chi connectivity index (χ1) is 12.1. The van der Waals surface area contributed by atoms with E-state index in [9.17, 15) is 4.79 Å². The summed E-state index contributed by atoms with van der Waals surface area (Å²) < 4.78 is 1.09. The Morgan fingerprint density at radius 2 is 2.20 bits per heavy atom. The fourth-order valence-corrected chi connectivity index (χ4v) is 4.65. The molecule has 0 aliphatic heterocycles. The van der Waals surface area contributed by atoms with Crippen LogP contribution in [0.4, 0.5) is 5.13 Å². The molecule has 1 aromatic carbocycles. The number of amides is 1. The molecule has 3 rings (SSSR count). The molecule has 0 bridgehead atoms. The fourth-order valence-electron chi connectivity index (χ4n) is 3.05. The number of halogens is 1. The van der Waals surface area contributed by atoms with Gasteiger partial charge < -0.3 is 0 Å². The molecule has 1 aromatic heterocycles. The van der Waals surface area contributed by atoms with Crippen molar-refractivity contribution in [2.75, 3.05) is 11.4 Å². The Balaban J connectivity index is 1.71. The number of nitrogens with zero attached hydrogens (tertiary/aromatic N) is 2. The van der Waals surface area contributed by atoms with Gasteiger partial charge in [0.15, 0.2) is 5.13 Å². The summed E-state index contributed by atoms with van der Waals surface area (Å²) in [5.74, 6) is 0.114. The van der Waals surface area contributed by atoms with Crippen LogP contribution in [0.15, 0.2) is 35.3 Å². The first-order valence-corrected chi connectivity index (χ1v) is 10.3. The minimum absolute atomic E-state index is 0.114. The highest BCUT2D eigenvalue weighted by Crippen LogP contribution is 2.32. The molecule has 2 aromatic rings. The number of aromatic nitrogens is 1. The van der Waals surface area contributed by atoms with Crippen LogP contribution in [0, 0.1) is 6.92 Å². The molecular formula is C20H23BrN2OS. The number of hydrogen-bond acceptors (Lipinski definition) is 3. The third-order valence-corrected chi connectivity index (χ3v) is 6.58. The van der Waals surface area contributed by atoms with Gasteiger partial charge in [-0.1, -0.05) is 34.1 Å². The largest absolute Gasteiger partial charge is 0.284 e. The number of benzene rings is 1. The number of rotatable bonds is 6. The van der Waals surface area contributed by atoms with E-state index < -0.39 is 0 Å². The molecular weight excluding hydrogens is 396 g/mol. The van der Waals surface area contributed by atoms with Crippen molar-refractivity contribution in [2.45, 2.75) is 45.4 Å². The van der Waals surface area contributed by atoms with Crippen LogP contribution in [0.5, 0.6) is 0 Å². The maximum absolute atomic E-state index is 12.8. The molecule has 0 atom stereocenters. The van der Waals surface area contributed by atoms with Gasteiger partial charge in [0.2, 0.25) is 5.91 Å². The Kier molecular flexibility index (Phi) is 6.07. The predicted octanol–water partition coefficient (Wildman–Crippen LogP) is 5.24. The molecule has 0 N–H and O–H groups in total. The van der Waals surface area contributed by atoms with E-state index in [0.717, 1.165) is 28.9 Å². The van der Waals surface area contributed by atoms with Crippen molar-refractivity contribution < 1.29 is 4.79 Å². The second-order valence-corrected chi connectivity index (χ2v) is 8.37. The van der Waals surface area contributed by atoms with Gasteiger partial charge in [-0.3, -0.25) is 9.69 Å². The van der Waals surface area contributed by atoms with Gasteiger partial charge in [0.1, 0.15) is 0 Å². The molecule has 1 heterocycles. The van der Waals surface area contributed by atoms with Gasteiger partial charge >= 0.3 is 0 Å². The molecule has 132 valence electrons. The zero-order valence-corrected chi connectivity index (χ0v) is 17.0. The lowest BCUT2D eigenvalue weighted by molar-refractivity contribution is -0.118. The van der Waals surface area contributed by atoms with Gasteiger partial charge in [-0.05, 0) is 56.2 Å². The number of carbonyl (C=O) groups is 1. The predicted molar refractivity (Wildman–Crippen MR) is 109 cm³/mol. The minimum Gasteiger partial charge on any atom is -0.284 e. The van der Waals surface area contributed by atoms with E-state index in [4.69, 9.17) is 4.98 Å². The quantitative estimate of drug-likeness (QED) is 0.600. The van der Waals surface area contributed by atoms with Crippen LogP contribution in [0.2, 0.25) is 0 Å². The SMILES string of the molecule is C=CCN(C(=O)CCc1ccc(C)c(Br)c1)c1nc2c(s1)CCCC2. The van der Waals surface area contributed by atoms with Gasteiger partial charge in [0.05, 0.1) is 5.69 Å². The highest BCUT2D eigenvalue weighted by atomic mass is 79.9. The maximum Gasteiger partial charge on any atom is 0.229 e. The molecule has 1 amide bonds. The van der Waals surface area contributed by atoms with Gasteiger partial charge in [-0.25, -0.2) is 4.98 Å². The van der Waals surface area contributed by atoms with Crippen molar-refractivity contribution in [2.24, 2.45) is 0 Å². The van der Waals surface area contributed by atoms with E-state index in [1.165, 1.54) is 34.5 Å². The highest BCUT2D eigenvalue weighted by Gasteiger charge is 2.22. The van der Waals surface area contributed by atoms with Gasteiger partial charge in [-0.15, -0.1) is 17.9 Å². The molecule has 0 spiro atoms. The standard InChI is InChI=1S/C20H23BrN2OS/c1-3-12-23(20-22-17-6-4-5-7-18(17)25-20)19(24)11-10-15-9-8-14(2)16(21)13-15/h3,8-9,13H,1,4-7,10-12H2,2H3. The van der Waals surface area contributed by atoms with E-state index in [1.807, 2.05) is 0 Å². The monoisotopic (exact) mass is 418 g/mol. The topological polar surface area (TPSA) is 33.2 Å². The summed E-state index contributed by atoms with van der Waals surface area (Å²) in [6, 6.07) is 6.27. The van der Waals surface area contributed by atoms with Crippen LogP contribution >= 0.6 is 27.3 Å². The fraction of sp³-hybridized carbons (Fsp3) is 0.400. The number of carbonyl (C=O) groups excluding carboxylic acids is 1. The molecule has 0 fully saturated rings. The Bertz CT molecular complexity index is 760. The van der Waals surface area contributed by atoms with Crippen LogP contribution in [0.1, 0.15) is 41.0 Å².